The number of carbonyl (C=O) groups is 2. The molecule has 5 rings (SSSR count). The Morgan fingerprint density at radius 3 is 2.47 bits per heavy atom. The molecular weight excluding hydrogens is 440 g/mol. The van der Waals surface area contributed by atoms with Crippen molar-refractivity contribution in [1.29, 1.82) is 0 Å². The predicted molar refractivity (Wildman–Crippen MR) is 121 cm³/mol. The van der Waals surface area contributed by atoms with Gasteiger partial charge in [-0.15, -0.1) is 0 Å². The highest BCUT2D eigenvalue weighted by molar-refractivity contribution is 6.22. The number of fused-ring (bicyclic) bond motifs is 3. The Hall–Kier alpha value is -3.30. The molecule has 2 amide bonds. The van der Waals surface area contributed by atoms with Crippen LogP contribution in [0, 0.1) is 39.7 Å². The van der Waals surface area contributed by atoms with Gasteiger partial charge in [0.1, 0.15) is 5.75 Å². The van der Waals surface area contributed by atoms with Crippen molar-refractivity contribution in [2.24, 2.45) is 29.6 Å². The van der Waals surface area contributed by atoms with Gasteiger partial charge in [-0.2, -0.15) is 0 Å². The van der Waals surface area contributed by atoms with Crippen LogP contribution in [0.5, 0.6) is 5.75 Å². The van der Waals surface area contributed by atoms with Gasteiger partial charge >= 0.3 is 0 Å². The van der Waals surface area contributed by atoms with Crippen molar-refractivity contribution < 1.29 is 29.5 Å². The smallest absolute Gasteiger partial charge is 0.271 e. The minimum atomic E-state index is -1.59. The molecule has 6 atom stereocenters. The summed E-state index contributed by atoms with van der Waals surface area (Å²) < 4.78 is 6.24. The van der Waals surface area contributed by atoms with Gasteiger partial charge in [0.15, 0.2) is 5.79 Å². The van der Waals surface area contributed by atoms with Crippen LogP contribution in [0.1, 0.15) is 38.4 Å². The molecule has 0 bridgehead atoms. The normalized spacial score (nSPS) is 32.7. The largest absolute Gasteiger partial charge is 0.508 e. The number of nitrogens with zero attached hydrogens (tertiary/aromatic N) is 2. The third-order valence-corrected chi connectivity index (χ3v) is 7.65. The molecule has 9 heteroatoms. The summed E-state index contributed by atoms with van der Waals surface area (Å²) in [6.07, 6.45) is 0.131. The van der Waals surface area contributed by atoms with Crippen molar-refractivity contribution in [3.63, 3.8) is 0 Å². The summed E-state index contributed by atoms with van der Waals surface area (Å²) in [7, 11) is 0. The summed E-state index contributed by atoms with van der Waals surface area (Å²) >= 11 is 0. The van der Waals surface area contributed by atoms with Gasteiger partial charge in [0.25, 0.3) is 5.69 Å². The van der Waals surface area contributed by atoms with Crippen LogP contribution in [0.15, 0.2) is 48.5 Å². The number of hydrogen-bond acceptors (Lipinski definition) is 7. The average Bonchev–Trinajstić information content (AvgIpc) is 3.27. The first-order valence-corrected chi connectivity index (χ1v) is 11.4. The molecule has 1 aliphatic carbocycles. The van der Waals surface area contributed by atoms with Gasteiger partial charge in [0.05, 0.1) is 28.6 Å². The van der Waals surface area contributed by atoms with E-state index in [1.807, 2.05) is 13.8 Å². The molecule has 2 heterocycles. The quantitative estimate of drug-likeness (QED) is 0.400. The van der Waals surface area contributed by atoms with Crippen LogP contribution in [0.25, 0.3) is 0 Å². The lowest BCUT2D eigenvalue weighted by molar-refractivity contribution is -0.384. The molecule has 0 spiro atoms. The Labute approximate surface area is 196 Å². The monoisotopic (exact) mass is 466 g/mol. The molecule has 2 aromatic rings. The molecule has 2 aromatic carbocycles. The van der Waals surface area contributed by atoms with Crippen molar-refractivity contribution in [1.82, 2.24) is 0 Å². The number of amides is 2. The van der Waals surface area contributed by atoms with Gasteiger partial charge in [0, 0.05) is 24.0 Å². The van der Waals surface area contributed by atoms with E-state index in [1.165, 1.54) is 24.3 Å². The first-order valence-electron chi connectivity index (χ1n) is 11.4. The van der Waals surface area contributed by atoms with Crippen molar-refractivity contribution >= 4 is 23.2 Å². The number of non-ortho nitro benzene ring substituents is 1. The van der Waals surface area contributed by atoms with Crippen molar-refractivity contribution in [3.05, 3.63) is 64.2 Å². The van der Waals surface area contributed by atoms with Gasteiger partial charge in [-0.05, 0) is 42.5 Å². The Kier molecular flexibility index (Phi) is 5.22. The molecule has 0 radical (unpaired) electrons. The van der Waals surface area contributed by atoms with Gasteiger partial charge in [0.2, 0.25) is 11.8 Å². The van der Waals surface area contributed by atoms with Crippen molar-refractivity contribution in [2.45, 2.75) is 38.6 Å². The Morgan fingerprint density at radius 1 is 1.12 bits per heavy atom. The van der Waals surface area contributed by atoms with E-state index in [2.05, 4.69) is 0 Å². The van der Waals surface area contributed by atoms with Crippen LogP contribution < -0.4 is 4.90 Å². The molecular formula is C25H26N2O7. The van der Waals surface area contributed by atoms with Crippen molar-refractivity contribution in [2.75, 3.05) is 4.90 Å². The fourth-order valence-electron chi connectivity index (χ4n) is 6.06. The molecule has 3 fully saturated rings. The number of nitro groups is 1. The SMILES string of the molecule is CC(C)[C@H]1C[C@@H]2C(=O)N(c3cccc([N+](=O)[O-])c3)C(=O)[C@@H]2[C@@H]2C[C@@H](c3ccc(O)cc3)O[C@]12O. The Balaban J connectivity index is 1.54. The van der Waals surface area contributed by atoms with Crippen LogP contribution in [0.2, 0.25) is 0 Å². The Bertz CT molecular complexity index is 1160. The van der Waals surface area contributed by atoms with Crippen molar-refractivity contribution in [3.8, 4) is 5.75 Å². The lowest BCUT2D eigenvalue weighted by Crippen LogP contribution is -2.55. The standard InChI is InChI=1S/C25H26N2O7/c1-13(2)19-11-18-22(20-12-21(34-25(19,20)31)14-6-8-17(28)9-7-14)24(30)26(23(18)29)15-4-3-5-16(10-15)27(32)33/h3-10,13,18-22,28,31H,11-12H2,1-2H3/t18-,19+,20-,21-,22-,25+/m0/s1. The number of nitro benzene ring substituents is 1. The highest BCUT2D eigenvalue weighted by Gasteiger charge is 2.67. The van der Waals surface area contributed by atoms with Gasteiger partial charge < -0.3 is 14.9 Å². The third kappa shape index (κ3) is 3.30. The lowest BCUT2D eigenvalue weighted by Gasteiger charge is -2.46. The van der Waals surface area contributed by atoms with Gasteiger partial charge in [-0.1, -0.05) is 32.0 Å². The zero-order valence-corrected chi connectivity index (χ0v) is 18.8. The van der Waals surface area contributed by atoms with Crippen LogP contribution in [0.4, 0.5) is 11.4 Å². The molecule has 2 aliphatic heterocycles. The van der Waals surface area contributed by atoms with E-state index in [0.717, 1.165) is 10.5 Å². The topological polar surface area (TPSA) is 130 Å². The first kappa shape index (κ1) is 22.5. The second kappa shape index (κ2) is 7.89. The van der Waals surface area contributed by atoms with Gasteiger partial charge in [-0.25, -0.2) is 4.90 Å². The number of aliphatic hydroxyl groups is 1. The Morgan fingerprint density at radius 2 is 1.82 bits per heavy atom. The highest BCUT2D eigenvalue weighted by Crippen LogP contribution is 2.59. The number of rotatable bonds is 4. The van der Waals surface area contributed by atoms with E-state index in [0.29, 0.717) is 6.42 Å². The summed E-state index contributed by atoms with van der Waals surface area (Å²) in [5, 5.41) is 32.7. The first-order chi connectivity index (χ1) is 16.1. The molecule has 34 heavy (non-hydrogen) atoms. The number of carbonyl (C=O) groups excluding carboxylic acids is 2. The van der Waals surface area contributed by atoms with E-state index in [1.54, 1.807) is 24.3 Å². The molecule has 0 unspecified atom stereocenters. The van der Waals surface area contributed by atoms with Crippen LogP contribution in [-0.4, -0.2) is 32.7 Å². The van der Waals surface area contributed by atoms with E-state index >= 15 is 0 Å². The summed E-state index contributed by atoms with van der Waals surface area (Å²) in [4.78, 5) is 38.8. The number of phenolic OH excluding ortho intramolecular Hbond substituents is 1. The minimum Gasteiger partial charge on any atom is -0.508 e. The molecule has 178 valence electrons. The molecule has 9 nitrogen and oxygen atoms in total. The van der Waals surface area contributed by atoms with E-state index < -0.39 is 46.4 Å². The maximum atomic E-state index is 13.6. The van der Waals surface area contributed by atoms with E-state index in [-0.39, 0.29) is 35.4 Å². The number of aromatic hydroxyl groups is 1. The van der Waals surface area contributed by atoms with Gasteiger partial charge in [-0.3, -0.25) is 19.7 Å². The van der Waals surface area contributed by atoms with E-state index in [9.17, 15) is 29.9 Å². The van der Waals surface area contributed by atoms with E-state index in [4.69, 9.17) is 4.74 Å². The predicted octanol–water partition coefficient (Wildman–Crippen LogP) is 3.55. The maximum absolute atomic E-state index is 13.6. The molecule has 0 aromatic heterocycles. The number of ether oxygens (including phenoxy) is 1. The molecule has 2 saturated heterocycles. The number of imide groups is 1. The summed E-state index contributed by atoms with van der Waals surface area (Å²) in [6.45, 7) is 3.91. The van der Waals surface area contributed by atoms with Crippen LogP contribution in [0.3, 0.4) is 0 Å². The molecule has 1 saturated carbocycles. The molecule has 2 N–H and O–H groups in total. The summed E-state index contributed by atoms with van der Waals surface area (Å²) in [6, 6.07) is 12.0. The summed E-state index contributed by atoms with van der Waals surface area (Å²) in [5.74, 6) is -4.75. The molecule has 3 aliphatic rings. The van der Waals surface area contributed by atoms with Crippen LogP contribution in [-0.2, 0) is 14.3 Å². The summed E-state index contributed by atoms with van der Waals surface area (Å²) in [5.41, 5.74) is 0.727. The third-order valence-electron chi connectivity index (χ3n) is 7.65. The minimum absolute atomic E-state index is 0.0122. The highest BCUT2D eigenvalue weighted by atomic mass is 16.6. The zero-order valence-electron chi connectivity index (χ0n) is 18.8. The fraction of sp³-hybridized carbons (Fsp3) is 0.440. The number of hydrogen-bond donors (Lipinski definition) is 2. The number of phenols is 1. The van der Waals surface area contributed by atoms with Crippen LogP contribution >= 0.6 is 0 Å². The fourth-order valence-corrected chi connectivity index (χ4v) is 6.06. The average molecular weight is 466 g/mol. The second-order valence-electron chi connectivity index (χ2n) is 9.80. The lowest BCUT2D eigenvalue weighted by atomic mass is 9.62. The maximum Gasteiger partial charge on any atom is 0.271 e. The second-order valence-corrected chi connectivity index (χ2v) is 9.80. The zero-order chi connectivity index (χ0) is 24.4. The number of anilines is 1. The number of benzene rings is 2.